The molecule has 0 saturated carbocycles. The third kappa shape index (κ3) is 3.47. The summed E-state index contributed by atoms with van der Waals surface area (Å²) in [6.07, 6.45) is 1.44. The van der Waals surface area contributed by atoms with Crippen LogP contribution in [0.15, 0.2) is 40.2 Å². The highest BCUT2D eigenvalue weighted by Crippen LogP contribution is 2.18. The quantitative estimate of drug-likeness (QED) is 0.581. The van der Waals surface area contributed by atoms with E-state index in [0.717, 1.165) is 4.57 Å². The Balaban J connectivity index is 1.49. The molecule has 0 bridgehead atoms. The lowest BCUT2D eigenvalue weighted by Gasteiger charge is -2.35. The van der Waals surface area contributed by atoms with E-state index in [4.69, 9.17) is 0 Å². The third-order valence-electron chi connectivity index (χ3n) is 5.55. The lowest BCUT2D eigenvalue weighted by molar-refractivity contribution is -0.133. The molecule has 11 heteroatoms. The van der Waals surface area contributed by atoms with Crippen molar-refractivity contribution in [1.29, 1.82) is 0 Å². The molecule has 1 fully saturated rings. The SMILES string of the molecule is Cn1cnc2c1c(=O)n(CC(=O)N1CCN(C(=O)c3ccccc3O)CC1)c(=O)n2C. The maximum atomic E-state index is 12.8. The maximum Gasteiger partial charge on any atom is 0.332 e. The van der Waals surface area contributed by atoms with Crippen LogP contribution in [0.3, 0.4) is 0 Å². The number of para-hydroxylation sites is 1. The van der Waals surface area contributed by atoms with E-state index in [1.165, 1.54) is 33.5 Å². The summed E-state index contributed by atoms with van der Waals surface area (Å²) in [6.45, 7) is 0.710. The van der Waals surface area contributed by atoms with Gasteiger partial charge in [0.1, 0.15) is 12.3 Å². The zero-order chi connectivity index (χ0) is 22.3. The molecule has 1 N–H and O–H groups in total. The molecular formula is C20H22N6O5. The molecule has 0 atom stereocenters. The third-order valence-corrected chi connectivity index (χ3v) is 5.55. The molecular weight excluding hydrogens is 404 g/mol. The van der Waals surface area contributed by atoms with E-state index in [2.05, 4.69) is 4.98 Å². The van der Waals surface area contributed by atoms with Crippen molar-refractivity contribution < 1.29 is 14.7 Å². The fourth-order valence-corrected chi connectivity index (χ4v) is 3.75. The number of hydrogen-bond donors (Lipinski definition) is 1. The lowest BCUT2D eigenvalue weighted by atomic mass is 10.1. The molecule has 2 amide bonds. The van der Waals surface area contributed by atoms with Gasteiger partial charge in [0.2, 0.25) is 5.91 Å². The molecule has 1 aliphatic heterocycles. The maximum absolute atomic E-state index is 12.8. The van der Waals surface area contributed by atoms with Crippen molar-refractivity contribution in [3.8, 4) is 5.75 Å². The van der Waals surface area contributed by atoms with Gasteiger partial charge in [-0.05, 0) is 12.1 Å². The number of nitrogens with zero attached hydrogens (tertiary/aromatic N) is 6. The standard InChI is InChI=1S/C20H22N6O5/c1-22-12-21-17-16(22)19(30)26(20(31)23(17)2)11-15(28)24-7-9-25(10-8-24)18(29)13-5-3-4-6-14(13)27/h3-6,12,27H,7-11H2,1-2H3. The molecule has 162 valence electrons. The average Bonchev–Trinajstić information content (AvgIpc) is 3.16. The van der Waals surface area contributed by atoms with Gasteiger partial charge in [-0.25, -0.2) is 14.3 Å². The minimum Gasteiger partial charge on any atom is -0.507 e. The molecule has 0 aliphatic carbocycles. The van der Waals surface area contributed by atoms with Crippen LogP contribution in [-0.2, 0) is 25.4 Å². The zero-order valence-corrected chi connectivity index (χ0v) is 17.2. The number of imidazole rings is 1. The number of benzene rings is 1. The minimum atomic E-state index is -0.613. The number of piperazine rings is 1. The van der Waals surface area contributed by atoms with Crippen molar-refractivity contribution in [1.82, 2.24) is 28.5 Å². The predicted molar refractivity (Wildman–Crippen MR) is 111 cm³/mol. The highest BCUT2D eigenvalue weighted by molar-refractivity contribution is 5.97. The normalized spacial score (nSPS) is 14.3. The summed E-state index contributed by atoms with van der Waals surface area (Å²) >= 11 is 0. The molecule has 0 unspecified atom stereocenters. The lowest BCUT2D eigenvalue weighted by Crippen LogP contribution is -2.52. The van der Waals surface area contributed by atoms with Crippen LogP contribution in [0.4, 0.5) is 0 Å². The number of fused-ring (bicyclic) bond motifs is 1. The number of hydrogen-bond acceptors (Lipinski definition) is 6. The average molecular weight is 426 g/mol. The molecule has 31 heavy (non-hydrogen) atoms. The molecule has 0 radical (unpaired) electrons. The number of phenols is 1. The number of rotatable bonds is 3. The number of aromatic nitrogens is 4. The van der Waals surface area contributed by atoms with Gasteiger partial charge in [-0.2, -0.15) is 0 Å². The van der Waals surface area contributed by atoms with Gasteiger partial charge in [0, 0.05) is 40.3 Å². The van der Waals surface area contributed by atoms with Crippen molar-refractivity contribution in [3.05, 3.63) is 57.0 Å². The van der Waals surface area contributed by atoms with Crippen molar-refractivity contribution >= 4 is 23.0 Å². The van der Waals surface area contributed by atoms with Crippen LogP contribution in [0.25, 0.3) is 11.2 Å². The molecule has 1 aliphatic rings. The second-order valence-electron chi connectivity index (χ2n) is 7.45. The Kier molecular flexibility index (Phi) is 5.09. The summed E-state index contributed by atoms with van der Waals surface area (Å²) in [7, 11) is 3.15. The van der Waals surface area contributed by atoms with Gasteiger partial charge < -0.3 is 19.5 Å². The first-order chi connectivity index (χ1) is 14.8. The van der Waals surface area contributed by atoms with Gasteiger partial charge in [0.05, 0.1) is 11.9 Å². The van der Waals surface area contributed by atoms with Gasteiger partial charge in [0.15, 0.2) is 11.2 Å². The summed E-state index contributed by atoms with van der Waals surface area (Å²) in [4.78, 5) is 57.9. The Morgan fingerprint density at radius 1 is 1.03 bits per heavy atom. The molecule has 1 saturated heterocycles. The van der Waals surface area contributed by atoms with Crippen LogP contribution in [0.5, 0.6) is 5.75 Å². The first-order valence-electron chi connectivity index (χ1n) is 9.75. The minimum absolute atomic E-state index is 0.0909. The molecule has 3 heterocycles. The molecule has 11 nitrogen and oxygen atoms in total. The van der Waals surface area contributed by atoms with E-state index in [1.807, 2.05) is 0 Å². The second-order valence-corrected chi connectivity index (χ2v) is 7.45. The van der Waals surface area contributed by atoms with Crippen LogP contribution >= 0.6 is 0 Å². The topological polar surface area (TPSA) is 123 Å². The van der Waals surface area contributed by atoms with Gasteiger partial charge in [-0.15, -0.1) is 0 Å². The van der Waals surface area contributed by atoms with Gasteiger partial charge in [0.25, 0.3) is 11.5 Å². The first-order valence-corrected chi connectivity index (χ1v) is 9.75. The molecule has 3 aromatic rings. The molecule has 1 aromatic carbocycles. The number of carbonyl (C=O) groups is 2. The van der Waals surface area contributed by atoms with Crippen LogP contribution in [-0.4, -0.2) is 71.6 Å². The number of phenolic OH excluding ortho intramolecular Hbond substituents is 1. The van der Waals surface area contributed by atoms with E-state index < -0.39 is 11.2 Å². The van der Waals surface area contributed by atoms with E-state index >= 15 is 0 Å². The van der Waals surface area contributed by atoms with E-state index in [9.17, 15) is 24.3 Å². The summed E-state index contributed by atoms with van der Waals surface area (Å²) in [5.41, 5.74) is -0.468. The zero-order valence-electron chi connectivity index (χ0n) is 17.2. The molecule has 0 spiro atoms. The number of aromatic hydroxyl groups is 1. The van der Waals surface area contributed by atoms with Crippen molar-refractivity contribution in [2.45, 2.75) is 6.54 Å². The summed E-state index contributed by atoms with van der Waals surface area (Å²) in [5, 5.41) is 9.89. The smallest absolute Gasteiger partial charge is 0.332 e. The van der Waals surface area contributed by atoms with E-state index in [0.29, 0.717) is 0 Å². The van der Waals surface area contributed by atoms with E-state index in [1.54, 1.807) is 30.1 Å². The Bertz CT molecular complexity index is 1300. The van der Waals surface area contributed by atoms with Crippen LogP contribution < -0.4 is 11.2 Å². The fraction of sp³-hybridized carbons (Fsp3) is 0.350. The van der Waals surface area contributed by atoms with Crippen molar-refractivity contribution in [2.75, 3.05) is 26.2 Å². The molecule has 4 rings (SSSR count). The van der Waals surface area contributed by atoms with Crippen LogP contribution in [0, 0.1) is 0 Å². The van der Waals surface area contributed by atoms with E-state index in [-0.39, 0.29) is 67.0 Å². The molecule has 2 aromatic heterocycles. The number of carbonyl (C=O) groups excluding carboxylic acids is 2. The summed E-state index contributed by atoms with van der Waals surface area (Å²) in [6, 6.07) is 6.30. The Morgan fingerprint density at radius 2 is 1.68 bits per heavy atom. The Hall–Kier alpha value is -3.89. The highest BCUT2D eigenvalue weighted by atomic mass is 16.3. The first kappa shape index (κ1) is 20.4. The van der Waals surface area contributed by atoms with Crippen LogP contribution in [0.2, 0.25) is 0 Å². The van der Waals surface area contributed by atoms with Gasteiger partial charge in [-0.1, -0.05) is 12.1 Å². The monoisotopic (exact) mass is 426 g/mol. The Labute approximate surface area is 176 Å². The summed E-state index contributed by atoms with van der Waals surface area (Å²) < 4.78 is 3.67. The Morgan fingerprint density at radius 3 is 2.35 bits per heavy atom. The van der Waals surface area contributed by atoms with Gasteiger partial charge >= 0.3 is 5.69 Å². The second kappa shape index (κ2) is 7.74. The van der Waals surface area contributed by atoms with Crippen LogP contribution in [0.1, 0.15) is 10.4 Å². The highest BCUT2D eigenvalue weighted by Gasteiger charge is 2.27. The largest absolute Gasteiger partial charge is 0.507 e. The number of aryl methyl sites for hydroxylation is 2. The fourth-order valence-electron chi connectivity index (χ4n) is 3.75. The van der Waals surface area contributed by atoms with Gasteiger partial charge in [-0.3, -0.25) is 19.0 Å². The predicted octanol–water partition coefficient (Wildman–Crippen LogP) is -0.876. The number of amides is 2. The van der Waals surface area contributed by atoms with Crippen molar-refractivity contribution in [3.63, 3.8) is 0 Å². The van der Waals surface area contributed by atoms with Crippen molar-refractivity contribution in [2.24, 2.45) is 14.1 Å². The summed E-state index contributed by atoms with van der Waals surface area (Å²) in [5.74, 6) is -0.779.